The molecule has 0 saturated carbocycles. The molecule has 0 unspecified atom stereocenters. The number of carbonyl (C=O) groups excluding carboxylic acids is 1. The molecular weight excluding hydrogens is 232 g/mol. The standard InChI is InChI=1S/C13H18N2OS/c14-12-3-1-2-11(8-12)13(16)15-9-10-4-6-17-7-5-10/h1-3,8,10H,4-7,9,14H2,(H,15,16). The molecule has 1 aromatic rings. The summed E-state index contributed by atoms with van der Waals surface area (Å²) in [6.45, 7) is 0.786. The van der Waals surface area contributed by atoms with Crippen molar-refractivity contribution in [1.82, 2.24) is 5.32 Å². The van der Waals surface area contributed by atoms with Gasteiger partial charge in [-0.25, -0.2) is 0 Å². The first-order chi connectivity index (χ1) is 8.25. The molecule has 0 spiro atoms. The Morgan fingerprint density at radius 2 is 2.18 bits per heavy atom. The molecule has 1 aliphatic heterocycles. The molecule has 0 bridgehead atoms. The van der Waals surface area contributed by atoms with Crippen molar-refractivity contribution >= 4 is 23.4 Å². The van der Waals surface area contributed by atoms with E-state index < -0.39 is 0 Å². The van der Waals surface area contributed by atoms with E-state index in [1.54, 1.807) is 18.2 Å². The zero-order valence-corrected chi connectivity index (χ0v) is 10.6. The molecule has 4 heteroatoms. The van der Waals surface area contributed by atoms with Crippen LogP contribution < -0.4 is 11.1 Å². The summed E-state index contributed by atoms with van der Waals surface area (Å²) in [5.74, 6) is 3.06. The van der Waals surface area contributed by atoms with E-state index in [0.717, 1.165) is 6.54 Å². The third kappa shape index (κ3) is 3.66. The van der Waals surface area contributed by atoms with Crippen LogP contribution in [-0.4, -0.2) is 24.0 Å². The van der Waals surface area contributed by atoms with Crippen LogP contribution in [0.2, 0.25) is 0 Å². The summed E-state index contributed by atoms with van der Waals surface area (Å²) in [7, 11) is 0. The predicted molar refractivity (Wildman–Crippen MR) is 73.2 cm³/mol. The van der Waals surface area contributed by atoms with Crippen LogP contribution in [0, 0.1) is 5.92 Å². The zero-order chi connectivity index (χ0) is 12.1. The van der Waals surface area contributed by atoms with Gasteiger partial charge in [0.1, 0.15) is 0 Å². The highest BCUT2D eigenvalue weighted by atomic mass is 32.2. The smallest absolute Gasteiger partial charge is 0.251 e. The second kappa shape index (κ2) is 5.96. The van der Waals surface area contributed by atoms with E-state index in [2.05, 4.69) is 5.32 Å². The number of rotatable bonds is 3. The molecule has 1 aliphatic rings. The number of nitrogens with two attached hydrogens (primary N) is 1. The summed E-state index contributed by atoms with van der Waals surface area (Å²) in [6.07, 6.45) is 2.42. The van der Waals surface area contributed by atoms with Crippen molar-refractivity contribution in [3.05, 3.63) is 29.8 Å². The van der Waals surface area contributed by atoms with Gasteiger partial charge in [0.2, 0.25) is 0 Å². The van der Waals surface area contributed by atoms with Gasteiger partial charge in [-0.3, -0.25) is 4.79 Å². The van der Waals surface area contributed by atoms with Gasteiger partial charge in [0.25, 0.3) is 5.91 Å². The van der Waals surface area contributed by atoms with E-state index in [4.69, 9.17) is 5.73 Å². The fourth-order valence-corrected chi connectivity index (χ4v) is 3.17. The normalized spacial score (nSPS) is 16.7. The van der Waals surface area contributed by atoms with Crippen molar-refractivity contribution in [3.8, 4) is 0 Å². The third-order valence-electron chi connectivity index (χ3n) is 3.04. The van der Waals surface area contributed by atoms with Crippen LogP contribution in [-0.2, 0) is 0 Å². The fourth-order valence-electron chi connectivity index (χ4n) is 1.97. The van der Waals surface area contributed by atoms with Crippen molar-refractivity contribution in [3.63, 3.8) is 0 Å². The molecule has 0 aromatic heterocycles. The lowest BCUT2D eigenvalue weighted by Crippen LogP contribution is -2.30. The summed E-state index contributed by atoms with van der Waals surface area (Å²) < 4.78 is 0. The number of benzene rings is 1. The lowest BCUT2D eigenvalue weighted by atomic mass is 10.0. The Labute approximate surface area is 106 Å². The third-order valence-corrected chi connectivity index (χ3v) is 4.09. The average Bonchev–Trinajstić information content (AvgIpc) is 2.37. The Kier molecular flexibility index (Phi) is 4.31. The Balaban J connectivity index is 1.84. The molecule has 1 heterocycles. The van der Waals surface area contributed by atoms with Gasteiger partial charge in [-0.1, -0.05) is 6.07 Å². The number of amides is 1. The van der Waals surface area contributed by atoms with Crippen LogP contribution in [0.1, 0.15) is 23.2 Å². The minimum atomic E-state index is -0.0180. The molecule has 17 heavy (non-hydrogen) atoms. The molecule has 0 radical (unpaired) electrons. The summed E-state index contributed by atoms with van der Waals surface area (Å²) in [5, 5.41) is 2.99. The molecule has 0 aliphatic carbocycles. The maximum Gasteiger partial charge on any atom is 0.251 e. The fraction of sp³-hybridized carbons (Fsp3) is 0.462. The first-order valence-corrected chi connectivity index (χ1v) is 7.12. The van der Waals surface area contributed by atoms with Gasteiger partial charge in [0, 0.05) is 17.8 Å². The summed E-state index contributed by atoms with van der Waals surface area (Å²) in [6, 6.07) is 7.10. The van der Waals surface area contributed by atoms with Crippen LogP contribution in [0.25, 0.3) is 0 Å². The monoisotopic (exact) mass is 250 g/mol. The molecule has 1 aromatic carbocycles. The average molecular weight is 250 g/mol. The van der Waals surface area contributed by atoms with Gasteiger partial charge in [-0.2, -0.15) is 11.8 Å². The Bertz CT molecular complexity index is 389. The van der Waals surface area contributed by atoms with Gasteiger partial charge in [0.05, 0.1) is 0 Å². The molecular formula is C13H18N2OS. The number of thioether (sulfide) groups is 1. The SMILES string of the molecule is Nc1cccc(C(=O)NCC2CCSCC2)c1. The maximum atomic E-state index is 11.9. The molecule has 3 N–H and O–H groups in total. The molecule has 0 atom stereocenters. The number of hydrogen-bond acceptors (Lipinski definition) is 3. The van der Waals surface area contributed by atoms with E-state index in [9.17, 15) is 4.79 Å². The van der Waals surface area contributed by atoms with Gasteiger partial charge >= 0.3 is 0 Å². The van der Waals surface area contributed by atoms with Crippen molar-refractivity contribution in [2.45, 2.75) is 12.8 Å². The minimum absolute atomic E-state index is 0.0180. The second-order valence-electron chi connectivity index (χ2n) is 4.39. The second-order valence-corrected chi connectivity index (χ2v) is 5.62. The lowest BCUT2D eigenvalue weighted by molar-refractivity contribution is 0.0946. The Morgan fingerprint density at radius 1 is 1.41 bits per heavy atom. The predicted octanol–water partition coefficient (Wildman–Crippen LogP) is 2.14. The van der Waals surface area contributed by atoms with Crippen molar-refractivity contribution in [1.29, 1.82) is 0 Å². The zero-order valence-electron chi connectivity index (χ0n) is 9.82. The van der Waals surface area contributed by atoms with Crippen molar-refractivity contribution in [2.75, 3.05) is 23.8 Å². The highest BCUT2D eigenvalue weighted by molar-refractivity contribution is 7.99. The van der Waals surface area contributed by atoms with Crippen LogP contribution >= 0.6 is 11.8 Å². The molecule has 2 rings (SSSR count). The summed E-state index contributed by atoms with van der Waals surface area (Å²) in [4.78, 5) is 11.9. The molecule has 1 saturated heterocycles. The van der Waals surface area contributed by atoms with Crippen molar-refractivity contribution in [2.24, 2.45) is 5.92 Å². The van der Waals surface area contributed by atoms with E-state index in [0.29, 0.717) is 17.2 Å². The van der Waals surface area contributed by atoms with Gasteiger partial charge in [0.15, 0.2) is 0 Å². The van der Waals surface area contributed by atoms with Gasteiger partial charge in [-0.15, -0.1) is 0 Å². The largest absolute Gasteiger partial charge is 0.399 e. The first kappa shape index (κ1) is 12.3. The summed E-state index contributed by atoms with van der Waals surface area (Å²) in [5.41, 5.74) is 6.93. The van der Waals surface area contributed by atoms with Crippen LogP contribution in [0.4, 0.5) is 5.69 Å². The summed E-state index contributed by atoms with van der Waals surface area (Å²) >= 11 is 2.00. The van der Waals surface area contributed by atoms with Crippen LogP contribution in [0.5, 0.6) is 0 Å². The number of nitrogen functional groups attached to an aromatic ring is 1. The number of carbonyl (C=O) groups is 1. The van der Waals surface area contributed by atoms with Gasteiger partial charge < -0.3 is 11.1 Å². The first-order valence-electron chi connectivity index (χ1n) is 5.97. The minimum Gasteiger partial charge on any atom is -0.399 e. The van der Waals surface area contributed by atoms with E-state index in [1.807, 2.05) is 17.8 Å². The van der Waals surface area contributed by atoms with Gasteiger partial charge in [-0.05, 0) is 48.5 Å². The number of nitrogens with one attached hydrogen (secondary N) is 1. The van der Waals surface area contributed by atoms with Crippen LogP contribution in [0.15, 0.2) is 24.3 Å². The Hall–Kier alpha value is -1.16. The highest BCUT2D eigenvalue weighted by Gasteiger charge is 2.15. The maximum absolute atomic E-state index is 11.9. The van der Waals surface area contributed by atoms with Crippen LogP contribution in [0.3, 0.4) is 0 Å². The van der Waals surface area contributed by atoms with Crippen molar-refractivity contribution < 1.29 is 4.79 Å². The topological polar surface area (TPSA) is 55.1 Å². The quantitative estimate of drug-likeness (QED) is 0.808. The molecule has 1 fully saturated rings. The Morgan fingerprint density at radius 3 is 2.88 bits per heavy atom. The highest BCUT2D eigenvalue weighted by Crippen LogP contribution is 2.21. The van der Waals surface area contributed by atoms with E-state index in [-0.39, 0.29) is 5.91 Å². The molecule has 1 amide bonds. The van der Waals surface area contributed by atoms with E-state index >= 15 is 0 Å². The molecule has 3 nitrogen and oxygen atoms in total. The number of hydrogen-bond donors (Lipinski definition) is 2. The molecule has 92 valence electrons. The lowest BCUT2D eigenvalue weighted by Gasteiger charge is -2.21. The van der Waals surface area contributed by atoms with E-state index in [1.165, 1.54) is 24.3 Å². The number of anilines is 1.